The van der Waals surface area contributed by atoms with Gasteiger partial charge >= 0.3 is 0 Å². The Morgan fingerprint density at radius 3 is 2.32 bits per heavy atom. The molecule has 3 aromatic rings. The number of amides is 1. The molecule has 128 valence electrons. The van der Waals surface area contributed by atoms with E-state index in [4.69, 9.17) is 0 Å². The van der Waals surface area contributed by atoms with Crippen LogP contribution >= 0.6 is 0 Å². The molecule has 0 saturated carbocycles. The zero-order chi connectivity index (χ0) is 18.0. The molecule has 0 aromatic heterocycles. The molecule has 6 heteroatoms. The van der Waals surface area contributed by atoms with Crippen molar-refractivity contribution in [3.8, 4) is 0 Å². The molecule has 0 fully saturated rings. The summed E-state index contributed by atoms with van der Waals surface area (Å²) in [4.78, 5) is 11.6. The van der Waals surface area contributed by atoms with Crippen molar-refractivity contribution in [1.82, 2.24) is 0 Å². The Balaban J connectivity index is 2.03. The van der Waals surface area contributed by atoms with Crippen LogP contribution in [0, 0.1) is 6.92 Å². The van der Waals surface area contributed by atoms with E-state index in [2.05, 4.69) is 10.0 Å². The van der Waals surface area contributed by atoms with Gasteiger partial charge < -0.3 is 5.32 Å². The Bertz CT molecular complexity index is 1040. The summed E-state index contributed by atoms with van der Waals surface area (Å²) in [6.45, 7) is 3.31. The molecule has 25 heavy (non-hydrogen) atoms. The maximum Gasteiger partial charge on any atom is 0.261 e. The monoisotopic (exact) mass is 354 g/mol. The maximum atomic E-state index is 12.6. The van der Waals surface area contributed by atoms with Crippen molar-refractivity contribution in [3.05, 3.63) is 66.2 Å². The first kappa shape index (κ1) is 17.0. The van der Waals surface area contributed by atoms with Crippen LogP contribution in [0.5, 0.6) is 0 Å². The number of hydrogen-bond donors (Lipinski definition) is 2. The molecule has 5 nitrogen and oxygen atoms in total. The molecule has 0 saturated heterocycles. The molecule has 0 aliphatic carbocycles. The molecule has 0 heterocycles. The van der Waals surface area contributed by atoms with Crippen molar-refractivity contribution in [2.24, 2.45) is 0 Å². The standard InChI is InChI=1S/C19H18N2O3S/c1-13-7-9-17(10-8-13)25(23,24)21-16-11-15-5-3-4-6-18(15)19(12-16)20-14(2)22/h3-12,21H,1-2H3,(H,20,22). The lowest BCUT2D eigenvalue weighted by atomic mass is 10.1. The first-order chi connectivity index (χ1) is 11.8. The number of sulfonamides is 1. The predicted molar refractivity (Wildman–Crippen MR) is 100 cm³/mol. The quantitative estimate of drug-likeness (QED) is 0.746. The number of benzene rings is 3. The van der Waals surface area contributed by atoms with Crippen LogP contribution in [-0.2, 0) is 14.8 Å². The fourth-order valence-corrected chi connectivity index (χ4v) is 3.63. The number of carbonyl (C=O) groups is 1. The van der Waals surface area contributed by atoms with Crippen LogP contribution in [0.25, 0.3) is 10.8 Å². The highest BCUT2D eigenvalue weighted by molar-refractivity contribution is 7.92. The van der Waals surface area contributed by atoms with E-state index in [0.29, 0.717) is 11.4 Å². The second-order valence-corrected chi connectivity index (χ2v) is 7.53. The van der Waals surface area contributed by atoms with Crippen molar-refractivity contribution < 1.29 is 13.2 Å². The van der Waals surface area contributed by atoms with Crippen LogP contribution in [-0.4, -0.2) is 14.3 Å². The number of hydrogen-bond acceptors (Lipinski definition) is 3. The molecule has 0 radical (unpaired) electrons. The van der Waals surface area contributed by atoms with Gasteiger partial charge in [-0.05, 0) is 36.6 Å². The Kier molecular flexibility index (Phi) is 4.46. The largest absolute Gasteiger partial charge is 0.326 e. The highest BCUT2D eigenvalue weighted by Gasteiger charge is 2.15. The molecule has 0 unspecified atom stereocenters. The van der Waals surface area contributed by atoms with Gasteiger partial charge in [0.15, 0.2) is 0 Å². The van der Waals surface area contributed by atoms with Gasteiger partial charge in [0.05, 0.1) is 16.3 Å². The molecule has 0 aliphatic heterocycles. The second-order valence-electron chi connectivity index (χ2n) is 5.84. The van der Waals surface area contributed by atoms with Crippen LogP contribution in [0.2, 0.25) is 0 Å². The third kappa shape index (κ3) is 3.80. The van der Waals surface area contributed by atoms with E-state index in [1.807, 2.05) is 31.2 Å². The molecule has 3 aromatic carbocycles. The van der Waals surface area contributed by atoms with Crippen LogP contribution < -0.4 is 10.0 Å². The molecular formula is C19H18N2O3S. The van der Waals surface area contributed by atoms with E-state index in [9.17, 15) is 13.2 Å². The average Bonchev–Trinajstić information content (AvgIpc) is 2.54. The summed E-state index contributed by atoms with van der Waals surface area (Å²) in [5.41, 5.74) is 1.94. The van der Waals surface area contributed by atoms with E-state index in [1.165, 1.54) is 6.92 Å². The lowest BCUT2D eigenvalue weighted by Gasteiger charge is -2.13. The number of rotatable bonds is 4. The van der Waals surface area contributed by atoms with Gasteiger partial charge in [-0.2, -0.15) is 0 Å². The van der Waals surface area contributed by atoms with Gasteiger partial charge in [0, 0.05) is 12.3 Å². The SMILES string of the molecule is CC(=O)Nc1cc(NS(=O)(=O)c2ccc(C)cc2)cc2ccccc12. The zero-order valence-corrected chi connectivity index (χ0v) is 14.7. The highest BCUT2D eigenvalue weighted by Crippen LogP contribution is 2.29. The third-order valence-corrected chi connectivity index (χ3v) is 5.15. The van der Waals surface area contributed by atoms with E-state index >= 15 is 0 Å². The molecule has 0 aliphatic rings. The molecule has 0 spiro atoms. The van der Waals surface area contributed by atoms with Crippen LogP contribution in [0.15, 0.2) is 65.6 Å². The minimum absolute atomic E-state index is 0.187. The minimum atomic E-state index is -3.71. The van der Waals surface area contributed by atoms with Crippen molar-refractivity contribution in [2.45, 2.75) is 18.7 Å². The second kappa shape index (κ2) is 6.57. The number of fused-ring (bicyclic) bond motifs is 1. The Morgan fingerprint density at radius 2 is 1.64 bits per heavy atom. The maximum absolute atomic E-state index is 12.6. The first-order valence-corrected chi connectivity index (χ1v) is 9.23. The molecule has 0 bridgehead atoms. The summed E-state index contributed by atoms with van der Waals surface area (Å²) in [6.07, 6.45) is 0. The fraction of sp³-hybridized carbons (Fsp3) is 0.105. The van der Waals surface area contributed by atoms with Crippen molar-refractivity contribution >= 4 is 38.1 Å². The number of aryl methyl sites for hydroxylation is 1. The van der Waals surface area contributed by atoms with Crippen molar-refractivity contribution in [3.63, 3.8) is 0 Å². The van der Waals surface area contributed by atoms with Crippen LogP contribution in [0.3, 0.4) is 0 Å². The molecular weight excluding hydrogens is 336 g/mol. The van der Waals surface area contributed by atoms with Crippen LogP contribution in [0.4, 0.5) is 11.4 Å². The van der Waals surface area contributed by atoms with E-state index in [0.717, 1.165) is 16.3 Å². The Hall–Kier alpha value is -2.86. The molecule has 3 rings (SSSR count). The third-order valence-electron chi connectivity index (χ3n) is 3.76. The lowest BCUT2D eigenvalue weighted by Crippen LogP contribution is -2.13. The molecule has 2 N–H and O–H groups in total. The predicted octanol–water partition coefficient (Wildman–Crippen LogP) is 3.91. The summed E-state index contributed by atoms with van der Waals surface area (Å²) < 4.78 is 27.7. The van der Waals surface area contributed by atoms with Gasteiger partial charge in [0.25, 0.3) is 10.0 Å². The van der Waals surface area contributed by atoms with Gasteiger partial charge in [0.1, 0.15) is 0 Å². The minimum Gasteiger partial charge on any atom is -0.326 e. The van der Waals surface area contributed by atoms with E-state index in [1.54, 1.807) is 36.4 Å². The summed E-state index contributed by atoms with van der Waals surface area (Å²) in [5, 5.41) is 4.42. The summed E-state index contributed by atoms with van der Waals surface area (Å²) >= 11 is 0. The van der Waals surface area contributed by atoms with E-state index < -0.39 is 10.0 Å². The number of anilines is 2. The highest BCUT2D eigenvalue weighted by atomic mass is 32.2. The normalized spacial score (nSPS) is 11.3. The number of carbonyl (C=O) groups excluding carboxylic acids is 1. The van der Waals surface area contributed by atoms with Crippen molar-refractivity contribution in [1.29, 1.82) is 0 Å². The van der Waals surface area contributed by atoms with Crippen molar-refractivity contribution in [2.75, 3.05) is 10.0 Å². The summed E-state index contributed by atoms with van der Waals surface area (Å²) in [5.74, 6) is -0.219. The lowest BCUT2D eigenvalue weighted by molar-refractivity contribution is -0.114. The first-order valence-electron chi connectivity index (χ1n) is 7.75. The van der Waals surface area contributed by atoms with Gasteiger partial charge in [-0.15, -0.1) is 0 Å². The average molecular weight is 354 g/mol. The Labute approximate surface area is 146 Å². The molecule has 1 amide bonds. The molecule has 0 atom stereocenters. The Morgan fingerprint density at radius 1 is 0.960 bits per heavy atom. The van der Waals surface area contributed by atoms with E-state index in [-0.39, 0.29) is 10.8 Å². The fourth-order valence-electron chi connectivity index (χ4n) is 2.59. The summed E-state index contributed by atoms with van der Waals surface area (Å²) in [7, 11) is -3.71. The van der Waals surface area contributed by atoms with Gasteiger partial charge in [0.2, 0.25) is 5.91 Å². The zero-order valence-electron chi connectivity index (χ0n) is 13.9. The van der Waals surface area contributed by atoms with Gasteiger partial charge in [-0.3, -0.25) is 9.52 Å². The topological polar surface area (TPSA) is 75.3 Å². The van der Waals surface area contributed by atoms with Gasteiger partial charge in [-0.1, -0.05) is 42.0 Å². The number of nitrogens with one attached hydrogen (secondary N) is 2. The van der Waals surface area contributed by atoms with Gasteiger partial charge in [-0.25, -0.2) is 8.42 Å². The van der Waals surface area contributed by atoms with Crippen LogP contribution in [0.1, 0.15) is 12.5 Å². The smallest absolute Gasteiger partial charge is 0.261 e. The summed E-state index contributed by atoms with van der Waals surface area (Å²) in [6, 6.07) is 17.4.